The number of aromatic nitrogens is 2. The van der Waals surface area contributed by atoms with Gasteiger partial charge in [0.05, 0.1) is 17.8 Å². The first kappa shape index (κ1) is 19.2. The molecule has 5 heteroatoms. The maximum absolute atomic E-state index is 12.6. The fourth-order valence-corrected chi connectivity index (χ4v) is 3.76. The van der Waals surface area contributed by atoms with Gasteiger partial charge in [-0.05, 0) is 51.1 Å². The maximum Gasteiger partial charge on any atom is 0.253 e. The Morgan fingerprint density at radius 1 is 1.11 bits per heavy atom. The van der Waals surface area contributed by atoms with Crippen LogP contribution in [0.1, 0.15) is 33.0 Å². The van der Waals surface area contributed by atoms with Crippen LogP contribution in [-0.2, 0) is 6.54 Å². The van der Waals surface area contributed by atoms with E-state index in [1.54, 1.807) is 18.0 Å². The smallest absolute Gasteiger partial charge is 0.253 e. The largest absolute Gasteiger partial charge is 0.351 e. The van der Waals surface area contributed by atoms with E-state index < -0.39 is 0 Å². The van der Waals surface area contributed by atoms with Crippen molar-refractivity contribution >= 4 is 17.7 Å². The Bertz CT molecular complexity index is 901. The predicted octanol–water partition coefficient (Wildman–Crippen LogP) is 4.38. The molecule has 0 saturated heterocycles. The van der Waals surface area contributed by atoms with Crippen LogP contribution in [0.25, 0.3) is 0 Å². The van der Waals surface area contributed by atoms with Crippen LogP contribution in [0.2, 0.25) is 0 Å². The Hall–Kier alpha value is -2.53. The highest BCUT2D eigenvalue weighted by Gasteiger charge is 2.15. The van der Waals surface area contributed by atoms with Crippen molar-refractivity contribution in [1.82, 2.24) is 14.9 Å². The zero-order valence-electron chi connectivity index (χ0n) is 16.0. The summed E-state index contributed by atoms with van der Waals surface area (Å²) in [4.78, 5) is 18.2. The molecule has 27 heavy (non-hydrogen) atoms. The minimum absolute atomic E-state index is 0.0140. The third-order valence-electron chi connectivity index (χ3n) is 4.54. The first-order valence-electron chi connectivity index (χ1n) is 9.09. The number of thioether (sulfide) groups is 1. The second-order valence-electron chi connectivity index (χ2n) is 6.61. The van der Waals surface area contributed by atoms with E-state index in [2.05, 4.69) is 46.1 Å². The number of amides is 1. The van der Waals surface area contributed by atoms with Gasteiger partial charge < -0.3 is 9.88 Å². The molecular weight excluding hydrogens is 354 g/mol. The predicted molar refractivity (Wildman–Crippen MR) is 111 cm³/mol. The molecule has 1 aromatic carbocycles. The van der Waals surface area contributed by atoms with Gasteiger partial charge in [0, 0.05) is 34.8 Å². The van der Waals surface area contributed by atoms with Crippen molar-refractivity contribution in [2.24, 2.45) is 0 Å². The van der Waals surface area contributed by atoms with Gasteiger partial charge in [-0.15, -0.1) is 11.8 Å². The normalized spacial score (nSPS) is 10.8. The molecule has 0 aliphatic rings. The number of benzene rings is 1. The SMILES string of the molecule is Cc1ccc(SCCNC(=O)c2cc(C)n(Cc3ccccn3)c2C)cc1. The van der Waals surface area contributed by atoms with Crippen LogP contribution in [0, 0.1) is 20.8 Å². The van der Waals surface area contributed by atoms with Crippen LogP contribution >= 0.6 is 11.8 Å². The summed E-state index contributed by atoms with van der Waals surface area (Å²) in [6, 6.07) is 16.3. The van der Waals surface area contributed by atoms with E-state index in [-0.39, 0.29) is 5.91 Å². The number of pyridine rings is 1. The van der Waals surface area contributed by atoms with E-state index in [9.17, 15) is 4.79 Å². The zero-order valence-corrected chi connectivity index (χ0v) is 16.8. The van der Waals surface area contributed by atoms with Gasteiger partial charge >= 0.3 is 0 Å². The Balaban J connectivity index is 1.56. The summed E-state index contributed by atoms with van der Waals surface area (Å²) in [6.45, 7) is 7.42. The van der Waals surface area contributed by atoms with Crippen LogP contribution in [0.5, 0.6) is 0 Å². The summed E-state index contributed by atoms with van der Waals surface area (Å²) in [5, 5.41) is 3.04. The monoisotopic (exact) mass is 379 g/mol. The standard InChI is InChI=1S/C22H25N3OS/c1-16-7-9-20(10-8-16)27-13-12-24-22(26)21-14-17(2)25(18(21)3)15-19-6-4-5-11-23-19/h4-11,14H,12-13,15H2,1-3H3,(H,24,26). The molecular formula is C22H25N3OS. The molecule has 1 amide bonds. The number of nitrogens with zero attached hydrogens (tertiary/aromatic N) is 2. The van der Waals surface area contributed by atoms with Crippen LogP contribution in [0.3, 0.4) is 0 Å². The molecule has 0 radical (unpaired) electrons. The lowest BCUT2D eigenvalue weighted by Gasteiger charge is -2.09. The highest BCUT2D eigenvalue weighted by molar-refractivity contribution is 7.99. The Labute approximate surface area is 165 Å². The molecule has 3 rings (SSSR count). The number of hydrogen-bond acceptors (Lipinski definition) is 3. The molecule has 0 spiro atoms. The molecule has 0 aliphatic heterocycles. The van der Waals surface area contributed by atoms with Crippen molar-refractivity contribution in [3.05, 3.63) is 82.9 Å². The molecule has 0 bridgehead atoms. The van der Waals surface area contributed by atoms with E-state index in [0.29, 0.717) is 13.1 Å². The first-order chi connectivity index (χ1) is 13.0. The van der Waals surface area contributed by atoms with Crippen LogP contribution in [0.4, 0.5) is 0 Å². The van der Waals surface area contributed by atoms with Crippen LogP contribution in [-0.4, -0.2) is 27.8 Å². The number of nitrogens with one attached hydrogen (secondary N) is 1. The Kier molecular flexibility index (Phi) is 6.35. The third-order valence-corrected chi connectivity index (χ3v) is 5.56. The van der Waals surface area contributed by atoms with Gasteiger partial charge in [0.1, 0.15) is 0 Å². The Morgan fingerprint density at radius 2 is 1.89 bits per heavy atom. The lowest BCUT2D eigenvalue weighted by molar-refractivity contribution is 0.0955. The average molecular weight is 380 g/mol. The van der Waals surface area contributed by atoms with Gasteiger partial charge in [0.15, 0.2) is 0 Å². The molecule has 1 N–H and O–H groups in total. The first-order valence-corrected chi connectivity index (χ1v) is 10.1. The van der Waals surface area contributed by atoms with Crippen molar-refractivity contribution in [2.75, 3.05) is 12.3 Å². The van der Waals surface area contributed by atoms with Gasteiger partial charge in [-0.2, -0.15) is 0 Å². The molecule has 0 aliphatic carbocycles. The highest BCUT2D eigenvalue weighted by Crippen LogP contribution is 2.18. The Morgan fingerprint density at radius 3 is 2.59 bits per heavy atom. The summed E-state index contributed by atoms with van der Waals surface area (Å²) in [5.41, 5.74) is 5.03. The molecule has 0 fully saturated rings. The number of hydrogen-bond donors (Lipinski definition) is 1. The third kappa shape index (κ3) is 5.01. The van der Waals surface area contributed by atoms with Crippen LogP contribution < -0.4 is 5.32 Å². The molecule has 0 saturated carbocycles. The van der Waals surface area contributed by atoms with E-state index in [1.807, 2.05) is 38.1 Å². The van der Waals surface area contributed by atoms with Crippen molar-refractivity contribution < 1.29 is 4.79 Å². The molecule has 0 atom stereocenters. The van der Waals surface area contributed by atoms with Crippen molar-refractivity contribution in [2.45, 2.75) is 32.2 Å². The topological polar surface area (TPSA) is 46.9 Å². The van der Waals surface area contributed by atoms with Crippen molar-refractivity contribution in [3.63, 3.8) is 0 Å². The summed E-state index contributed by atoms with van der Waals surface area (Å²) in [5.74, 6) is 0.835. The van der Waals surface area contributed by atoms with Crippen molar-refractivity contribution in [1.29, 1.82) is 0 Å². The second kappa shape index (κ2) is 8.91. The fraction of sp³-hybridized carbons (Fsp3) is 0.273. The molecule has 2 heterocycles. The van der Waals surface area contributed by atoms with E-state index in [4.69, 9.17) is 0 Å². The van der Waals surface area contributed by atoms with Gasteiger partial charge in [-0.1, -0.05) is 23.8 Å². The number of aryl methyl sites for hydroxylation is 2. The highest BCUT2D eigenvalue weighted by atomic mass is 32.2. The number of carbonyl (C=O) groups excluding carboxylic acids is 1. The number of rotatable bonds is 7. The number of carbonyl (C=O) groups is 1. The molecule has 140 valence electrons. The lowest BCUT2D eigenvalue weighted by Crippen LogP contribution is -2.26. The molecule has 0 unspecified atom stereocenters. The van der Waals surface area contributed by atoms with Gasteiger partial charge in [-0.25, -0.2) is 0 Å². The summed E-state index contributed by atoms with van der Waals surface area (Å²) < 4.78 is 2.14. The minimum atomic E-state index is -0.0140. The van der Waals surface area contributed by atoms with E-state index in [0.717, 1.165) is 28.4 Å². The molecule has 4 nitrogen and oxygen atoms in total. The molecule has 2 aromatic heterocycles. The zero-order chi connectivity index (χ0) is 19.2. The minimum Gasteiger partial charge on any atom is -0.351 e. The average Bonchev–Trinajstić information content (AvgIpc) is 2.95. The maximum atomic E-state index is 12.6. The quantitative estimate of drug-likeness (QED) is 0.489. The van der Waals surface area contributed by atoms with Gasteiger partial charge in [-0.3, -0.25) is 9.78 Å². The van der Waals surface area contributed by atoms with Crippen molar-refractivity contribution in [3.8, 4) is 0 Å². The lowest BCUT2D eigenvalue weighted by atomic mass is 10.2. The second-order valence-corrected chi connectivity index (χ2v) is 7.78. The van der Waals surface area contributed by atoms with Crippen LogP contribution in [0.15, 0.2) is 59.6 Å². The summed E-state index contributed by atoms with van der Waals surface area (Å²) >= 11 is 1.75. The summed E-state index contributed by atoms with van der Waals surface area (Å²) in [7, 11) is 0. The fourth-order valence-electron chi connectivity index (χ4n) is 2.99. The molecule has 3 aromatic rings. The summed E-state index contributed by atoms with van der Waals surface area (Å²) in [6.07, 6.45) is 1.79. The van der Waals surface area contributed by atoms with Gasteiger partial charge in [0.2, 0.25) is 0 Å². The van der Waals surface area contributed by atoms with Gasteiger partial charge in [0.25, 0.3) is 5.91 Å². The van der Waals surface area contributed by atoms with E-state index >= 15 is 0 Å². The van der Waals surface area contributed by atoms with E-state index in [1.165, 1.54) is 10.5 Å².